The molecule has 2 unspecified atom stereocenters. The molecule has 1 aliphatic carbocycles. The van der Waals surface area contributed by atoms with Gasteiger partial charge in [0.05, 0.1) is 32.7 Å². The van der Waals surface area contributed by atoms with Crippen molar-refractivity contribution in [1.29, 1.82) is 0 Å². The van der Waals surface area contributed by atoms with Crippen LogP contribution in [-0.2, 0) is 0 Å². The van der Waals surface area contributed by atoms with Crippen LogP contribution in [0.3, 0.4) is 0 Å². The van der Waals surface area contributed by atoms with Crippen molar-refractivity contribution in [2.24, 2.45) is 16.8 Å². The van der Waals surface area contributed by atoms with Gasteiger partial charge in [0.1, 0.15) is 0 Å². The second kappa shape index (κ2) is 16.2. The van der Waals surface area contributed by atoms with E-state index in [4.69, 9.17) is 4.99 Å². The van der Waals surface area contributed by atoms with E-state index in [0.717, 1.165) is 71.4 Å². The molecule has 0 radical (unpaired) electrons. The van der Waals surface area contributed by atoms with E-state index < -0.39 is 0 Å². The summed E-state index contributed by atoms with van der Waals surface area (Å²) in [5.74, 6) is 3.99. The maximum atomic E-state index is 5.20. The fraction of sp³-hybridized carbons (Fsp3) is 0.923. The first kappa shape index (κ1) is 28.6. The van der Waals surface area contributed by atoms with Gasteiger partial charge in [0, 0.05) is 32.7 Å². The lowest BCUT2D eigenvalue weighted by atomic mass is 9.81. The summed E-state index contributed by atoms with van der Waals surface area (Å²) in [6.45, 7) is 28.4. The average molecular weight is 452 g/mol. The van der Waals surface area contributed by atoms with Crippen molar-refractivity contribution in [3.63, 3.8) is 0 Å². The molecule has 0 aromatic carbocycles. The summed E-state index contributed by atoms with van der Waals surface area (Å²) in [6.07, 6.45) is 5.30. The van der Waals surface area contributed by atoms with Crippen molar-refractivity contribution in [3.8, 4) is 0 Å². The van der Waals surface area contributed by atoms with Gasteiger partial charge in [-0.15, -0.1) is 0 Å². The molecule has 6 nitrogen and oxygen atoms in total. The fourth-order valence-electron chi connectivity index (χ4n) is 5.08. The third-order valence-corrected chi connectivity index (χ3v) is 7.15. The van der Waals surface area contributed by atoms with E-state index in [1.807, 2.05) is 0 Å². The molecule has 1 fully saturated rings. The Labute approximate surface area is 200 Å². The van der Waals surface area contributed by atoms with E-state index >= 15 is 0 Å². The summed E-state index contributed by atoms with van der Waals surface area (Å²) < 4.78 is 2.47. The predicted octanol–water partition coefficient (Wildman–Crippen LogP) is 4.17. The minimum atomic E-state index is 0.710. The zero-order valence-electron chi connectivity index (χ0n) is 22.8. The molecule has 1 saturated carbocycles. The average Bonchev–Trinajstić information content (AvgIpc) is 2.83. The van der Waals surface area contributed by atoms with E-state index in [1.165, 1.54) is 37.6 Å². The van der Waals surface area contributed by atoms with Crippen LogP contribution in [0.1, 0.15) is 81.1 Å². The van der Waals surface area contributed by atoms with Crippen LogP contribution >= 0.6 is 0 Å². The second-order valence-electron chi connectivity index (χ2n) is 8.93. The third kappa shape index (κ3) is 8.47. The molecule has 0 aliphatic heterocycles. The van der Waals surface area contributed by atoms with Crippen LogP contribution in [0.5, 0.6) is 0 Å². The van der Waals surface area contributed by atoms with Gasteiger partial charge in [0.25, 0.3) is 0 Å². The van der Waals surface area contributed by atoms with Gasteiger partial charge in [-0.3, -0.25) is 19.8 Å². The number of hydrogen-bond acceptors (Lipinski definition) is 1. The molecule has 0 aromatic rings. The summed E-state index contributed by atoms with van der Waals surface area (Å²) in [7, 11) is 0. The molecule has 6 heteroatoms. The van der Waals surface area contributed by atoms with Crippen LogP contribution in [0.25, 0.3) is 0 Å². The van der Waals surface area contributed by atoms with Gasteiger partial charge < -0.3 is 9.80 Å². The second-order valence-corrected chi connectivity index (χ2v) is 8.93. The fourth-order valence-corrected chi connectivity index (χ4v) is 5.08. The van der Waals surface area contributed by atoms with Gasteiger partial charge in [-0.25, -0.2) is 0 Å². The highest BCUT2D eigenvalue weighted by Gasteiger charge is 2.26. The monoisotopic (exact) mass is 451 g/mol. The van der Waals surface area contributed by atoms with E-state index in [2.05, 4.69) is 80.0 Å². The van der Waals surface area contributed by atoms with Gasteiger partial charge in [-0.1, -0.05) is 6.42 Å². The Kier molecular flexibility index (Phi) is 14.5. The molecule has 0 aromatic heterocycles. The van der Waals surface area contributed by atoms with Crippen molar-refractivity contribution in [1.82, 2.24) is 20.0 Å². The molecular weight excluding hydrogens is 396 g/mol. The van der Waals surface area contributed by atoms with Gasteiger partial charge in [0.15, 0.2) is 5.96 Å². The molecule has 1 N–H and O–H groups in total. The van der Waals surface area contributed by atoms with E-state index in [9.17, 15) is 0 Å². The number of hydrogen-bond donors (Lipinski definition) is 1. The molecule has 0 amide bonds. The molecule has 32 heavy (non-hydrogen) atoms. The molecule has 1 aliphatic rings. The van der Waals surface area contributed by atoms with Crippen LogP contribution < -0.4 is 5.32 Å². The maximum absolute atomic E-state index is 5.20. The van der Waals surface area contributed by atoms with Crippen molar-refractivity contribution >= 4 is 11.9 Å². The quantitative estimate of drug-likeness (QED) is 0.274. The SMILES string of the molecule is CCN(CC)C(=NCC1CCCC(CNC(N(CC)CC)=[N+](CC)CC)C1)N(CC)CC. The Hall–Kier alpha value is -1.46. The minimum Gasteiger partial charge on any atom is -0.343 e. The highest BCUT2D eigenvalue weighted by Crippen LogP contribution is 2.29. The Bertz CT molecular complexity index is 527. The van der Waals surface area contributed by atoms with Crippen molar-refractivity contribution < 1.29 is 4.58 Å². The predicted molar refractivity (Wildman–Crippen MR) is 141 cm³/mol. The first-order valence-corrected chi connectivity index (χ1v) is 13.7. The Morgan fingerprint density at radius 1 is 0.750 bits per heavy atom. The molecule has 0 bridgehead atoms. The lowest BCUT2D eigenvalue weighted by Crippen LogP contribution is -2.49. The van der Waals surface area contributed by atoms with Crippen LogP contribution in [0.15, 0.2) is 4.99 Å². The summed E-state index contributed by atoms with van der Waals surface area (Å²) in [6, 6.07) is 0. The Morgan fingerprint density at radius 2 is 1.25 bits per heavy atom. The smallest absolute Gasteiger partial charge is 0.343 e. The van der Waals surface area contributed by atoms with E-state index in [1.54, 1.807) is 0 Å². The molecule has 0 saturated heterocycles. The minimum absolute atomic E-state index is 0.710. The van der Waals surface area contributed by atoms with Crippen LogP contribution in [-0.4, -0.2) is 96.6 Å². The standard InChI is InChI=1S/C26H54N6/c1-9-29(10-2)25(30(11-3)12-4)27-21-23-18-17-19-24(20-23)22-28-26(31(13-5)14-6)32(15-7)16-8/h23-24H,9-22H2,1-8H3/p+1. The zero-order chi connectivity index (χ0) is 23.9. The molecular formula is C26H55N6+. The summed E-state index contributed by atoms with van der Waals surface area (Å²) in [5.41, 5.74) is 0. The molecule has 0 heterocycles. The summed E-state index contributed by atoms with van der Waals surface area (Å²) >= 11 is 0. The van der Waals surface area contributed by atoms with Crippen molar-refractivity contribution in [2.75, 3.05) is 65.4 Å². The van der Waals surface area contributed by atoms with Gasteiger partial charge in [0.2, 0.25) is 0 Å². The molecule has 188 valence electrons. The highest BCUT2D eigenvalue weighted by molar-refractivity contribution is 5.80. The molecule has 2 atom stereocenters. The van der Waals surface area contributed by atoms with Gasteiger partial charge in [-0.05, 0) is 86.5 Å². The van der Waals surface area contributed by atoms with Crippen molar-refractivity contribution in [2.45, 2.75) is 81.1 Å². The molecule has 1 rings (SSSR count). The summed E-state index contributed by atoms with van der Waals surface area (Å²) in [4.78, 5) is 12.5. The Balaban J connectivity index is 2.83. The van der Waals surface area contributed by atoms with Gasteiger partial charge >= 0.3 is 5.96 Å². The Morgan fingerprint density at radius 3 is 1.72 bits per heavy atom. The number of nitrogens with zero attached hydrogens (tertiary/aromatic N) is 5. The normalized spacial score (nSPS) is 18.1. The number of guanidine groups is 2. The first-order chi connectivity index (χ1) is 15.5. The van der Waals surface area contributed by atoms with Crippen LogP contribution in [0.4, 0.5) is 0 Å². The van der Waals surface area contributed by atoms with Crippen LogP contribution in [0, 0.1) is 11.8 Å². The zero-order valence-corrected chi connectivity index (χ0v) is 22.8. The highest BCUT2D eigenvalue weighted by atomic mass is 15.4. The molecule has 0 spiro atoms. The van der Waals surface area contributed by atoms with Crippen molar-refractivity contribution in [3.05, 3.63) is 0 Å². The number of rotatable bonds is 12. The largest absolute Gasteiger partial charge is 0.348 e. The number of nitrogens with one attached hydrogen (secondary N) is 1. The maximum Gasteiger partial charge on any atom is 0.348 e. The van der Waals surface area contributed by atoms with Crippen LogP contribution in [0.2, 0.25) is 0 Å². The number of aliphatic imine (C=N–C) groups is 1. The lowest BCUT2D eigenvalue weighted by Gasteiger charge is -2.33. The van der Waals surface area contributed by atoms with E-state index in [0.29, 0.717) is 5.92 Å². The lowest BCUT2D eigenvalue weighted by molar-refractivity contribution is -0.527. The topological polar surface area (TPSA) is 37.1 Å². The van der Waals surface area contributed by atoms with Gasteiger partial charge in [-0.2, -0.15) is 0 Å². The first-order valence-electron chi connectivity index (χ1n) is 13.7. The third-order valence-electron chi connectivity index (χ3n) is 7.15. The van der Waals surface area contributed by atoms with E-state index in [-0.39, 0.29) is 0 Å². The summed E-state index contributed by atoms with van der Waals surface area (Å²) in [5, 5.41) is 3.87.